The molecule has 0 aromatic carbocycles. The van der Waals surface area contributed by atoms with Gasteiger partial charge in [0, 0.05) is 0 Å². The van der Waals surface area contributed by atoms with Gasteiger partial charge in [0.2, 0.25) is 0 Å². The fraction of sp³-hybridized carbons (Fsp3) is 0.750. The van der Waals surface area contributed by atoms with Crippen LogP contribution in [0.1, 0.15) is 13.3 Å². The number of aliphatic hydroxyl groups excluding tert-OH is 1. The molecule has 1 aliphatic rings. The number of hydroxylamine groups is 2. The number of carbonyl (C=O) groups is 2. The predicted octanol–water partition coefficient (Wildman–Crippen LogP) is -1.60. The van der Waals surface area contributed by atoms with Crippen molar-refractivity contribution >= 4 is 21.9 Å². The number of rotatable bonds is 6. The van der Waals surface area contributed by atoms with Crippen LogP contribution in [0, 0.1) is 0 Å². The minimum atomic E-state index is -3.93. The number of amides is 2. The molecule has 0 spiro atoms. The third-order valence-corrected chi connectivity index (χ3v) is 3.10. The Hall–Kier alpha value is -1.03. The van der Waals surface area contributed by atoms with Crippen molar-refractivity contribution in [3.8, 4) is 0 Å². The molecular formula is C8H13NO7S. The second-order valence-corrected chi connectivity index (χ2v) is 5.08. The highest BCUT2D eigenvalue weighted by Gasteiger charge is 2.42. The van der Waals surface area contributed by atoms with Gasteiger partial charge in [-0.15, -0.1) is 9.35 Å². The molecule has 17 heavy (non-hydrogen) atoms. The molecular weight excluding hydrogens is 254 g/mol. The molecule has 0 aromatic rings. The smallest absolute Gasteiger partial charge is 0.288 e. The van der Waals surface area contributed by atoms with E-state index in [2.05, 4.69) is 4.28 Å². The standard InChI is InChI=1S/C8H13NO7S/c1-2-17(13,14)16-9-7(11)5-6(8(9)12)15-4-3-10/h6,10H,2-5H2,1H3. The number of aliphatic hydroxyl groups is 1. The van der Waals surface area contributed by atoms with Crippen LogP contribution in [0.2, 0.25) is 0 Å². The van der Waals surface area contributed by atoms with Gasteiger partial charge in [-0.1, -0.05) is 0 Å². The summed E-state index contributed by atoms with van der Waals surface area (Å²) in [5.74, 6) is -2.01. The molecule has 1 atom stereocenters. The molecule has 0 radical (unpaired) electrons. The fourth-order valence-electron chi connectivity index (χ4n) is 1.15. The van der Waals surface area contributed by atoms with Gasteiger partial charge in [0.1, 0.15) is 6.10 Å². The average Bonchev–Trinajstić information content (AvgIpc) is 2.54. The molecule has 0 aliphatic carbocycles. The Balaban J connectivity index is 2.69. The summed E-state index contributed by atoms with van der Waals surface area (Å²) in [6.45, 7) is 0.907. The number of imide groups is 1. The molecule has 0 aromatic heterocycles. The van der Waals surface area contributed by atoms with Crippen LogP contribution in [0.4, 0.5) is 0 Å². The Morgan fingerprint density at radius 2 is 2.12 bits per heavy atom. The molecule has 8 nitrogen and oxygen atoms in total. The lowest BCUT2D eigenvalue weighted by atomic mass is 10.3. The van der Waals surface area contributed by atoms with E-state index in [4.69, 9.17) is 9.84 Å². The lowest BCUT2D eigenvalue weighted by Crippen LogP contribution is -2.35. The van der Waals surface area contributed by atoms with Crippen LogP contribution in [0.25, 0.3) is 0 Å². The van der Waals surface area contributed by atoms with Gasteiger partial charge < -0.3 is 9.84 Å². The number of hydrogen-bond acceptors (Lipinski definition) is 7. The summed E-state index contributed by atoms with van der Waals surface area (Å²) in [4.78, 5) is 22.8. The molecule has 1 heterocycles. The van der Waals surface area contributed by atoms with Crippen LogP contribution in [-0.4, -0.2) is 55.5 Å². The summed E-state index contributed by atoms with van der Waals surface area (Å²) in [5, 5.41) is 8.70. The van der Waals surface area contributed by atoms with Crippen molar-refractivity contribution in [1.82, 2.24) is 5.06 Å². The van der Waals surface area contributed by atoms with Crippen LogP contribution in [-0.2, 0) is 28.7 Å². The van der Waals surface area contributed by atoms with Crippen molar-refractivity contribution in [3.05, 3.63) is 0 Å². The Morgan fingerprint density at radius 1 is 1.47 bits per heavy atom. The first-order valence-electron chi connectivity index (χ1n) is 4.92. The Labute approximate surface area is 98.2 Å². The van der Waals surface area contributed by atoms with Gasteiger partial charge in [-0.2, -0.15) is 8.42 Å². The molecule has 1 unspecified atom stereocenters. The average molecular weight is 267 g/mol. The van der Waals surface area contributed by atoms with Crippen molar-refractivity contribution in [2.24, 2.45) is 0 Å². The maximum Gasteiger partial charge on any atom is 0.288 e. The topological polar surface area (TPSA) is 110 Å². The lowest BCUT2D eigenvalue weighted by Gasteiger charge is -2.13. The zero-order valence-corrected chi connectivity index (χ0v) is 9.97. The van der Waals surface area contributed by atoms with Crippen LogP contribution >= 0.6 is 0 Å². The number of ether oxygens (including phenoxy) is 1. The van der Waals surface area contributed by atoms with Gasteiger partial charge in [0.15, 0.2) is 0 Å². The summed E-state index contributed by atoms with van der Waals surface area (Å²) in [6.07, 6.45) is -1.39. The van der Waals surface area contributed by atoms with E-state index < -0.39 is 28.0 Å². The second kappa shape index (κ2) is 5.54. The van der Waals surface area contributed by atoms with Crippen LogP contribution in [0.3, 0.4) is 0 Å². The first kappa shape index (κ1) is 14.0. The molecule has 1 fully saturated rings. The molecule has 98 valence electrons. The normalized spacial score (nSPS) is 21.3. The Kier molecular flexibility index (Phi) is 4.57. The summed E-state index contributed by atoms with van der Waals surface area (Å²) in [6, 6.07) is 0. The van der Waals surface area contributed by atoms with E-state index in [1.807, 2.05) is 0 Å². The lowest BCUT2D eigenvalue weighted by molar-refractivity contribution is -0.167. The van der Waals surface area contributed by atoms with Crippen molar-refractivity contribution < 1.29 is 32.1 Å². The maximum absolute atomic E-state index is 11.5. The molecule has 1 aliphatic heterocycles. The monoisotopic (exact) mass is 267 g/mol. The molecule has 0 bridgehead atoms. The largest absolute Gasteiger partial charge is 0.394 e. The fourth-order valence-corrected chi connectivity index (χ4v) is 1.64. The molecule has 1 N–H and O–H groups in total. The number of nitrogens with zero attached hydrogens (tertiary/aromatic N) is 1. The van der Waals surface area contributed by atoms with Gasteiger partial charge >= 0.3 is 0 Å². The molecule has 1 rings (SSSR count). The summed E-state index contributed by atoms with van der Waals surface area (Å²) < 4.78 is 31.5. The van der Waals surface area contributed by atoms with Crippen molar-refractivity contribution in [2.75, 3.05) is 19.0 Å². The SMILES string of the molecule is CCS(=O)(=O)ON1C(=O)CC(OCCO)C1=O. The van der Waals surface area contributed by atoms with E-state index in [0.29, 0.717) is 0 Å². The molecule has 0 saturated carbocycles. The van der Waals surface area contributed by atoms with Crippen molar-refractivity contribution in [2.45, 2.75) is 19.4 Å². The molecule has 2 amide bonds. The Bertz CT molecular complexity index is 404. The van der Waals surface area contributed by atoms with E-state index in [1.165, 1.54) is 6.92 Å². The van der Waals surface area contributed by atoms with E-state index in [9.17, 15) is 18.0 Å². The van der Waals surface area contributed by atoms with Crippen molar-refractivity contribution in [1.29, 1.82) is 0 Å². The van der Waals surface area contributed by atoms with E-state index >= 15 is 0 Å². The van der Waals surface area contributed by atoms with Crippen LogP contribution in [0.5, 0.6) is 0 Å². The molecule has 9 heteroatoms. The van der Waals surface area contributed by atoms with E-state index in [1.54, 1.807) is 0 Å². The number of carbonyl (C=O) groups excluding carboxylic acids is 2. The zero-order chi connectivity index (χ0) is 13.1. The van der Waals surface area contributed by atoms with E-state index in [-0.39, 0.29) is 30.5 Å². The van der Waals surface area contributed by atoms with Crippen molar-refractivity contribution in [3.63, 3.8) is 0 Å². The van der Waals surface area contributed by atoms with E-state index in [0.717, 1.165) is 0 Å². The first-order valence-corrected chi connectivity index (χ1v) is 6.50. The zero-order valence-electron chi connectivity index (χ0n) is 9.16. The number of hydrogen-bond donors (Lipinski definition) is 1. The third kappa shape index (κ3) is 3.46. The van der Waals surface area contributed by atoms with Gasteiger partial charge in [-0.05, 0) is 6.92 Å². The van der Waals surface area contributed by atoms with Gasteiger partial charge in [0.25, 0.3) is 21.9 Å². The summed E-state index contributed by atoms with van der Waals surface area (Å²) >= 11 is 0. The minimum absolute atomic E-state index is 0.113. The van der Waals surface area contributed by atoms with Gasteiger partial charge in [0.05, 0.1) is 25.4 Å². The predicted molar refractivity (Wildman–Crippen MR) is 53.8 cm³/mol. The molecule has 1 saturated heterocycles. The highest BCUT2D eigenvalue weighted by molar-refractivity contribution is 7.86. The first-order chi connectivity index (χ1) is 7.91. The maximum atomic E-state index is 11.5. The highest BCUT2D eigenvalue weighted by Crippen LogP contribution is 2.18. The minimum Gasteiger partial charge on any atom is -0.394 e. The highest BCUT2D eigenvalue weighted by atomic mass is 32.2. The third-order valence-electron chi connectivity index (χ3n) is 2.01. The quantitative estimate of drug-likeness (QED) is 0.577. The van der Waals surface area contributed by atoms with Gasteiger partial charge in [-0.3, -0.25) is 9.59 Å². The summed E-state index contributed by atoms with van der Waals surface area (Å²) in [5.41, 5.74) is 0. The van der Waals surface area contributed by atoms with Gasteiger partial charge in [-0.25, -0.2) is 0 Å². The van der Waals surface area contributed by atoms with Crippen LogP contribution < -0.4 is 0 Å². The Morgan fingerprint density at radius 3 is 2.65 bits per heavy atom. The van der Waals surface area contributed by atoms with Crippen LogP contribution in [0.15, 0.2) is 0 Å². The second-order valence-electron chi connectivity index (χ2n) is 3.23. The summed E-state index contributed by atoms with van der Waals surface area (Å²) in [7, 11) is -3.93.